The molecule has 2 rings (SSSR count). The Kier molecular flexibility index (Phi) is 7.20. The van der Waals surface area contributed by atoms with Gasteiger partial charge in [0, 0.05) is 39.3 Å². The third-order valence-corrected chi connectivity index (χ3v) is 4.53. The van der Waals surface area contributed by atoms with Gasteiger partial charge in [0.05, 0.1) is 6.61 Å². The van der Waals surface area contributed by atoms with Gasteiger partial charge in [-0.25, -0.2) is 0 Å². The molecule has 0 spiro atoms. The molecule has 0 aromatic heterocycles. The fourth-order valence-electron chi connectivity index (χ4n) is 3.20. The second kappa shape index (κ2) is 9.19. The first-order valence-electron chi connectivity index (χ1n) is 8.32. The molecule has 1 saturated heterocycles. The Morgan fingerprint density at radius 3 is 2.67 bits per heavy atom. The summed E-state index contributed by atoms with van der Waals surface area (Å²) in [5, 5.41) is 0. The van der Waals surface area contributed by atoms with E-state index in [9.17, 15) is 0 Å². The van der Waals surface area contributed by atoms with Gasteiger partial charge in [-0.3, -0.25) is 4.90 Å². The maximum atomic E-state index is 5.22. The minimum atomic E-state index is 0.700. The summed E-state index contributed by atoms with van der Waals surface area (Å²) in [6, 6.07) is 11.5. The standard InChI is InChI=1S/C18H30N2O/c1-3-18-16-19(12-13-20(18)14-15-21-2)11-7-10-17-8-5-4-6-9-17/h4-6,8-9,18H,3,7,10-16H2,1-2H3. The van der Waals surface area contributed by atoms with Gasteiger partial charge in [0.1, 0.15) is 0 Å². The van der Waals surface area contributed by atoms with Gasteiger partial charge in [0.25, 0.3) is 0 Å². The summed E-state index contributed by atoms with van der Waals surface area (Å²) in [7, 11) is 1.79. The Labute approximate surface area is 129 Å². The maximum absolute atomic E-state index is 5.22. The normalized spacial score (nSPS) is 20.8. The lowest BCUT2D eigenvalue weighted by atomic mass is 10.1. The molecule has 21 heavy (non-hydrogen) atoms. The van der Waals surface area contributed by atoms with Gasteiger partial charge in [0.2, 0.25) is 0 Å². The van der Waals surface area contributed by atoms with Crippen LogP contribution in [0.2, 0.25) is 0 Å². The van der Waals surface area contributed by atoms with Crippen LogP contribution in [-0.2, 0) is 11.2 Å². The van der Waals surface area contributed by atoms with E-state index in [1.807, 2.05) is 0 Å². The number of rotatable bonds is 8. The molecule has 0 N–H and O–H groups in total. The fourth-order valence-corrected chi connectivity index (χ4v) is 3.20. The second-order valence-electron chi connectivity index (χ2n) is 5.98. The molecule has 118 valence electrons. The molecule has 1 heterocycles. The monoisotopic (exact) mass is 290 g/mol. The third-order valence-electron chi connectivity index (χ3n) is 4.53. The van der Waals surface area contributed by atoms with Crippen LogP contribution in [0.15, 0.2) is 30.3 Å². The number of hydrogen-bond acceptors (Lipinski definition) is 3. The fraction of sp³-hybridized carbons (Fsp3) is 0.667. The van der Waals surface area contributed by atoms with E-state index in [1.165, 1.54) is 51.0 Å². The first-order valence-corrected chi connectivity index (χ1v) is 8.32. The first kappa shape index (κ1) is 16.5. The lowest BCUT2D eigenvalue weighted by Gasteiger charge is -2.41. The minimum Gasteiger partial charge on any atom is -0.383 e. The lowest BCUT2D eigenvalue weighted by molar-refractivity contribution is 0.0494. The summed E-state index contributed by atoms with van der Waals surface area (Å²) in [6.07, 6.45) is 3.69. The van der Waals surface area contributed by atoms with Crippen molar-refractivity contribution >= 4 is 0 Å². The SMILES string of the molecule is CCC1CN(CCCc2ccccc2)CCN1CCOC. The molecular formula is C18H30N2O. The molecule has 1 aromatic carbocycles. The predicted molar refractivity (Wildman–Crippen MR) is 88.7 cm³/mol. The number of hydrogen-bond donors (Lipinski definition) is 0. The van der Waals surface area contributed by atoms with E-state index < -0.39 is 0 Å². The topological polar surface area (TPSA) is 15.7 Å². The molecule has 1 aromatic rings. The van der Waals surface area contributed by atoms with E-state index in [4.69, 9.17) is 4.74 Å². The van der Waals surface area contributed by atoms with Gasteiger partial charge in [-0.15, -0.1) is 0 Å². The number of nitrogens with zero attached hydrogens (tertiary/aromatic N) is 2. The molecule has 0 bridgehead atoms. The number of methoxy groups -OCH3 is 1. The first-order chi connectivity index (χ1) is 10.3. The summed E-state index contributed by atoms with van der Waals surface area (Å²) < 4.78 is 5.22. The van der Waals surface area contributed by atoms with E-state index in [2.05, 4.69) is 47.1 Å². The van der Waals surface area contributed by atoms with Crippen molar-refractivity contribution in [3.8, 4) is 0 Å². The highest BCUT2D eigenvalue weighted by molar-refractivity contribution is 5.14. The number of benzene rings is 1. The quantitative estimate of drug-likeness (QED) is 0.732. The van der Waals surface area contributed by atoms with Crippen molar-refractivity contribution in [2.24, 2.45) is 0 Å². The van der Waals surface area contributed by atoms with Crippen molar-refractivity contribution in [1.29, 1.82) is 0 Å². The molecule has 1 aliphatic heterocycles. The van der Waals surface area contributed by atoms with Crippen LogP contribution in [0.4, 0.5) is 0 Å². The summed E-state index contributed by atoms with van der Waals surface area (Å²) in [6.45, 7) is 9.07. The Balaban J connectivity index is 1.70. The molecule has 3 nitrogen and oxygen atoms in total. The highest BCUT2D eigenvalue weighted by Gasteiger charge is 2.24. The largest absolute Gasteiger partial charge is 0.383 e. The zero-order valence-electron chi connectivity index (χ0n) is 13.6. The Morgan fingerprint density at radius 1 is 1.14 bits per heavy atom. The van der Waals surface area contributed by atoms with Crippen molar-refractivity contribution in [2.45, 2.75) is 32.2 Å². The summed E-state index contributed by atoms with van der Waals surface area (Å²) in [5.41, 5.74) is 1.46. The molecule has 0 saturated carbocycles. The lowest BCUT2D eigenvalue weighted by Crippen LogP contribution is -2.53. The van der Waals surface area contributed by atoms with Gasteiger partial charge in [-0.05, 0) is 31.4 Å². The van der Waals surface area contributed by atoms with Crippen LogP contribution in [0.25, 0.3) is 0 Å². The molecule has 0 radical (unpaired) electrons. The summed E-state index contributed by atoms with van der Waals surface area (Å²) in [5.74, 6) is 0. The van der Waals surface area contributed by atoms with Gasteiger partial charge in [-0.2, -0.15) is 0 Å². The predicted octanol–water partition coefficient (Wildman–Crippen LogP) is 2.66. The Morgan fingerprint density at radius 2 is 1.95 bits per heavy atom. The van der Waals surface area contributed by atoms with Crippen LogP contribution in [0.1, 0.15) is 25.3 Å². The molecule has 3 heteroatoms. The molecule has 0 aliphatic carbocycles. The summed E-state index contributed by atoms with van der Waals surface area (Å²) in [4.78, 5) is 5.23. The second-order valence-corrected chi connectivity index (χ2v) is 5.98. The Hall–Kier alpha value is -0.900. The van der Waals surface area contributed by atoms with E-state index in [-0.39, 0.29) is 0 Å². The molecule has 1 fully saturated rings. The van der Waals surface area contributed by atoms with Crippen LogP contribution >= 0.6 is 0 Å². The van der Waals surface area contributed by atoms with Crippen molar-refractivity contribution in [3.05, 3.63) is 35.9 Å². The van der Waals surface area contributed by atoms with Crippen LogP contribution in [0, 0.1) is 0 Å². The summed E-state index contributed by atoms with van der Waals surface area (Å²) >= 11 is 0. The third kappa shape index (κ3) is 5.42. The molecule has 1 atom stereocenters. The zero-order chi connectivity index (χ0) is 14.9. The van der Waals surface area contributed by atoms with Crippen molar-refractivity contribution in [3.63, 3.8) is 0 Å². The molecule has 1 aliphatic rings. The van der Waals surface area contributed by atoms with E-state index in [1.54, 1.807) is 7.11 Å². The van der Waals surface area contributed by atoms with Crippen molar-refractivity contribution < 1.29 is 4.74 Å². The maximum Gasteiger partial charge on any atom is 0.0589 e. The average Bonchev–Trinajstić information content (AvgIpc) is 2.54. The van der Waals surface area contributed by atoms with Crippen LogP contribution in [0.5, 0.6) is 0 Å². The minimum absolute atomic E-state index is 0.700. The van der Waals surface area contributed by atoms with Gasteiger partial charge in [0.15, 0.2) is 0 Å². The highest BCUT2D eigenvalue weighted by Crippen LogP contribution is 2.13. The van der Waals surface area contributed by atoms with Gasteiger partial charge in [-0.1, -0.05) is 37.3 Å². The van der Waals surface area contributed by atoms with Crippen LogP contribution < -0.4 is 0 Å². The smallest absolute Gasteiger partial charge is 0.0589 e. The van der Waals surface area contributed by atoms with Crippen molar-refractivity contribution in [1.82, 2.24) is 9.80 Å². The Bertz CT molecular complexity index is 382. The highest BCUT2D eigenvalue weighted by atomic mass is 16.5. The van der Waals surface area contributed by atoms with Crippen LogP contribution in [-0.4, -0.2) is 62.3 Å². The number of piperazine rings is 1. The van der Waals surface area contributed by atoms with E-state index in [0.29, 0.717) is 6.04 Å². The van der Waals surface area contributed by atoms with Gasteiger partial charge < -0.3 is 9.64 Å². The molecule has 0 amide bonds. The van der Waals surface area contributed by atoms with E-state index in [0.717, 1.165) is 13.2 Å². The van der Waals surface area contributed by atoms with Crippen LogP contribution in [0.3, 0.4) is 0 Å². The molecular weight excluding hydrogens is 260 g/mol. The van der Waals surface area contributed by atoms with E-state index >= 15 is 0 Å². The average molecular weight is 290 g/mol. The number of aryl methyl sites for hydroxylation is 1. The molecule has 1 unspecified atom stereocenters. The van der Waals surface area contributed by atoms with Gasteiger partial charge >= 0.3 is 0 Å². The number of ether oxygens (including phenoxy) is 1. The zero-order valence-corrected chi connectivity index (χ0v) is 13.6. The van der Waals surface area contributed by atoms with Crippen molar-refractivity contribution in [2.75, 3.05) is 46.4 Å².